The minimum absolute atomic E-state index is 0.147. The molecule has 0 saturated heterocycles. The number of hydrogen-bond acceptors (Lipinski definition) is 4. The van der Waals surface area contributed by atoms with E-state index in [1.165, 1.54) is 19.3 Å². The molecule has 1 aromatic heterocycles. The van der Waals surface area contributed by atoms with Crippen molar-refractivity contribution < 1.29 is 9.32 Å². The molecule has 6 nitrogen and oxygen atoms in total. The molecule has 0 bridgehead atoms. The molecule has 1 fully saturated rings. The van der Waals surface area contributed by atoms with E-state index in [0.717, 1.165) is 17.7 Å². The number of carbonyl (C=O) groups excluding carboxylic acids is 1. The average molecular weight is 342 g/mol. The van der Waals surface area contributed by atoms with Gasteiger partial charge in [0.1, 0.15) is 0 Å². The Hall–Kier alpha value is -2.37. The van der Waals surface area contributed by atoms with Crippen LogP contribution in [0.5, 0.6) is 0 Å². The first kappa shape index (κ1) is 17.5. The van der Waals surface area contributed by atoms with Crippen LogP contribution >= 0.6 is 0 Å². The fourth-order valence-corrected chi connectivity index (χ4v) is 3.15. The Bertz CT molecular complexity index is 708. The summed E-state index contributed by atoms with van der Waals surface area (Å²) in [4.78, 5) is 16.6. The van der Waals surface area contributed by atoms with Crippen molar-refractivity contribution in [1.29, 1.82) is 0 Å². The zero-order chi connectivity index (χ0) is 17.8. The van der Waals surface area contributed by atoms with Crippen molar-refractivity contribution in [3.8, 4) is 11.5 Å². The summed E-state index contributed by atoms with van der Waals surface area (Å²) in [5.41, 5.74) is 1.58. The predicted octanol–water partition coefficient (Wildman–Crippen LogP) is 4.56. The molecule has 2 aromatic rings. The number of nitrogens with one attached hydrogen (secondary N) is 2. The van der Waals surface area contributed by atoms with E-state index in [1.54, 1.807) is 0 Å². The first-order chi connectivity index (χ1) is 12.0. The molecule has 25 heavy (non-hydrogen) atoms. The molecule has 6 heteroatoms. The highest BCUT2D eigenvalue weighted by Gasteiger charge is 2.22. The van der Waals surface area contributed by atoms with Crippen molar-refractivity contribution in [3.05, 3.63) is 30.1 Å². The second-order valence-corrected chi connectivity index (χ2v) is 7.16. The van der Waals surface area contributed by atoms with Crippen molar-refractivity contribution in [2.45, 2.75) is 58.4 Å². The third-order valence-electron chi connectivity index (χ3n) is 4.78. The summed E-state index contributed by atoms with van der Waals surface area (Å²) in [6, 6.07) is 7.55. The van der Waals surface area contributed by atoms with Gasteiger partial charge in [-0.25, -0.2) is 4.79 Å². The fourth-order valence-electron chi connectivity index (χ4n) is 3.15. The molecule has 1 aliphatic rings. The van der Waals surface area contributed by atoms with E-state index >= 15 is 0 Å². The van der Waals surface area contributed by atoms with Crippen LogP contribution < -0.4 is 10.6 Å². The molecule has 1 aromatic carbocycles. The first-order valence-corrected chi connectivity index (χ1v) is 9.04. The number of hydrogen-bond donors (Lipinski definition) is 2. The van der Waals surface area contributed by atoms with E-state index in [2.05, 4.69) is 27.7 Å². The summed E-state index contributed by atoms with van der Waals surface area (Å²) in [5.74, 6) is 1.95. The van der Waals surface area contributed by atoms with Crippen LogP contribution in [0.25, 0.3) is 11.5 Å². The molecule has 2 unspecified atom stereocenters. The van der Waals surface area contributed by atoms with Crippen LogP contribution in [0.2, 0.25) is 0 Å². The van der Waals surface area contributed by atoms with Crippen LogP contribution in [0, 0.1) is 5.92 Å². The lowest BCUT2D eigenvalue weighted by Crippen LogP contribution is -2.43. The number of aromatic nitrogens is 2. The topological polar surface area (TPSA) is 80.0 Å². The zero-order valence-corrected chi connectivity index (χ0v) is 15.1. The molecule has 0 radical (unpaired) electrons. The maximum atomic E-state index is 12.2. The fraction of sp³-hybridized carbons (Fsp3) is 0.526. The summed E-state index contributed by atoms with van der Waals surface area (Å²) < 4.78 is 5.28. The van der Waals surface area contributed by atoms with Gasteiger partial charge >= 0.3 is 6.03 Å². The number of rotatable bonds is 4. The Morgan fingerprint density at radius 3 is 2.56 bits per heavy atom. The van der Waals surface area contributed by atoms with Gasteiger partial charge in [-0.1, -0.05) is 38.8 Å². The molecule has 134 valence electrons. The van der Waals surface area contributed by atoms with Crippen LogP contribution in [0.3, 0.4) is 0 Å². The summed E-state index contributed by atoms with van der Waals surface area (Å²) >= 11 is 0. The number of urea groups is 1. The number of nitrogens with zero attached hydrogens (tertiary/aromatic N) is 2. The molecule has 2 N–H and O–H groups in total. The maximum absolute atomic E-state index is 12.2. The summed E-state index contributed by atoms with van der Waals surface area (Å²) in [7, 11) is 0. The van der Waals surface area contributed by atoms with Crippen molar-refractivity contribution in [2.75, 3.05) is 5.32 Å². The van der Waals surface area contributed by atoms with E-state index in [4.69, 9.17) is 4.52 Å². The lowest BCUT2D eigenvalue weighted by Gasteiger charge is -2.29. The largest absolute Gasteiger partial charge is 0.335 e. The van der Waals surface area contributed by atoms with E-state index in [0.29, 0.717) is 17.6 Å². The smallest absolute Gasteiger partial charge is 0.319 e. The van der Waals surface area contributed by atoms with Crippen molar-refractivity contribution in [1.82, 2.24) is 15.5 Å². The van der Waals surface area contributed by atoms with Gasteiger partial charge in [-0.15, -0.1) is 0 Å². The third-order valence-corrected chi connectivity index (χ3v) is 4.78. The Kier molecular flexibility index (Phi) is 5.36. The molecule has 1 heterocycles. The number of amides is 2. The molecule has 2 atom stereocenters. The second kappa shape index (κ2) is 7.68. The number of carbonyl (C=O) groups is 1. The number of anilines is 1. The molecule has 3 rings (SSSR count). The first-order valence-electron chi connectivity index (χ1n) is 9.04. The monoisotopic (exact) mass is 342 g/mol. The highest BCUT2D eigenvalue weighted by molar-refractivity contribution is 5.89. The minimum Gasteiger partial charge on any atom is -0.335 e. The van der Waals surface area contributed by atoms with Crippen LogP contribution in [0.4, 0.5) is 10.5 Å². The van der Waals surface area contributed by atoms with E-state index in [9.17, 15) is 4.79 Å². The van der Waals surface area contributed by atoms with E-state index in [1.807, 2.05) is 38.1 Å². The lowest BCUT2D eigenvalue weighted by atomic mass is 9.86. The van der Waals surface area contributed by atoms with Gasteiger partial charge in [0.15, 0.2) is 5.82 Å². The van der Waals surface area contributed by atoms with Gasteiger partial charge < -0.3 is 15.2 Å². The van der Waals surface area contributed by atoms with Crippen LogP contribution in [-0.4, -0.2) is 22.2 Å². The Morgan fingerprint density at radius 1 is 1.20 bits per heavy atom. The van der Waals surface area contributed by atoms with Gasteiger partial charge in [-0.3, -0.25) is 0 Å². The minimum atomic E-state index is -0.147. The predicted molar refractivity (Wildman–Crippen MR) is 97.4 cm³/mol. The van der Waals surface area contributed by atoms with Crippen LogP contribution in [-0.2, 0) is 0 Å². The summed E-state index contributed by atoms with van der Waals surface area (Å²) in [5, 5.41) is 9.95. The summed E-state index contributed by atoms with van der Waals surface area (Å²) in [6.45, 7) is 6.25. The second-order valence-electron chi connectivity index (χ2n) is 7.16. The Balaban J connectivity index is 1.59. The Labute approximate surface area is 148 Å². The summed E-state index contributed by atoms with van der Waals surface area (Å²) in [6.07, 6.45) is 4.69. The van der Waals surface area contributed by atoms with Gasteiger partial charge in [0, 0.05) is 23.2 Å². The molecular formula is C19H26N4O2. The van der Waals surface area contributed by atoms with E-state index in [-0.39, 0.29) is 18.0 Å². The maximum Gasteiger partial charge on any atom is 0.319 e. The third kappa shape index (κ3) is 4.38. The molecule has 0 aliphatic heterocycles. The molecular weight excluding hydrogens is 316 g/mol. The van der Waals surface area contributed by atoms with Crippen molar-refractivity contribution in [3.63, 3.8) is 0 Å². The van der Waals surface area contributed by atoms with Crippen molar-refractivity contribution in [2.24, 2.45) is 5.92 Å². The van der Waals surface area contributed by atoms with E-state index < -0.39 is 0 Å². The van der Waals surface area contributed by atoms with Gasteiger partial charge in [-0.05, 0) is 43.0 Å². The average Bonchev–Trinajstić information content (AvgIpc) is 3.08. The quantitative estimate of drug-likeness (QED) is 0.853. The molecule has 2 amide bonds. The van der Waals surface area contributed by atoms with Gasteiger partial charge in [0.05, 0.1) is 0 Å². The SMILES string of the molecule is CC(C)c1noc(-c2ccc(NC(=O)NC3CCCCC3C)cc2)n1. The van der Waals surface area contributed by atoms with Crippen LogP contribution in [0.1, 0.15) is 58.2 Å². The highest BCUT2D eigenvalue weighted by Crippen LogP contribution is 2.24. The molecule has 1 aliphatic carbocycles. The van der Waals surface area contributed by atoms with Crippen molar-refractivity contribution >= 4 is 11.7 Å². The highest BCUT2D eigenvalue weighted by atomic mass is 16.5. The lowest BCUT2D eigenvalue weighted by molar-refractivity contribution is 0.232. The van der Waals surface area contributed by atoms with Gasteiger partial charge in [-0.2, -0.15) is 4.98 Å². The normalized spacial score (nSPS) is 20.5. The van der Waals surface area contributed by atoms with Gasteiger partial charge in [0.25, 0.3) is 5.89 Å². The zero-order valence-electron chi connectivity index (χ0n) is 15.1. The number of benzene rings is 1. The molecule has 1 saturated carbocycles. The van der Waals surface area contributed by atoms with Gasteiger partial charge in [0.2, 0.25) is 0 Å². The molecule has 0 spiro atoms. The van der Waals surface area contributed by atoms with Crippen LogP contribution in [0.15, 0.2) is 28.8 Å². The standard InChI is InChI=1S/C19H26N4O2/c1-12(2)17-22-18(25-23-17)14-8-10-15(11-9-14)20-19(24)21-16-7-5-4-6-13(16)3/h8-13,16H,4-7H2,1-3H3,(H2,20,21,24). The Morgan fingerprint density at radius 2 is 1.92 bits per heavy atom.